The van der Waals surface area contributed by atoms with E-state index in [1.807, 2.05) is 37.3 Å². The summed E-state index contributed by atoms with van der Waals surface area (Å²) in [5, 5.41) is 22.3. The largest absolute Gasteiger partial charge is 0.366 e. The van der Waals surface area contributed by atoms with Crippen molar-refractivity contribution in [1.82, 2.24) is 9.80 Å². The Labute approximate surface area is 201 Å². The van der Waals surface area contributed by atoms with Gasteiger partial charge in [-0.2, -0.15) is 0 Å². The van der Waals surface area contributed by atoms with E-state index in [0.717, 1.165) is 5.56 Å². The van der Waals surface area contributed by atoms with Crippen LogP contribution in [0, 0.1) is 4.91 Å². The fraction of sp³-hybridized carbons (Fsp3) is 0.640. The van der Waals surface area contributed by atoms with Crippen molar-refractivity contribution < 1.29 is 24.6 Å². The monoisotopic (exact) mass is 475 g/mol. The standard InChI is InChI=1S/C25H37N3O6/c1-5-21(29)25(4,26-34)22(30)16-28(17(2)13-14-19-10-7-6-8-11-19)18(3)23(31)27-15-9-12-20(27)24(32)33/h6-8,10-11,17-18,20,24,32-33H,5,9,12-16H2,1-4H3. The smallest absolute Gasteiger partial charge is 0.240 e. The third-order valence-corrected chi connectivity index (χ3v) is 6.96. The zero-order valence-electron chi connectivity index (χ0n) is 20.5. The highest BCUT2D eigenvalue weighted by molar-refractivity contribution is 6.12. The van der Waals surface area contributed by atoms with Crippen LogP contribution < -0.4 is 0 Å². The maximum absolute atomic E-state index is 13.4. The van der Waals surface area contributed by atoms with Crippen LogP contribution in [0.3, 0.4) is 0 Å². The van der Waals surface area contributed by atoms with Crippen molar-refractivity contribution >= 4 is 17.5 Å². The number of likely N-dealkylation sites (tertiary alicyclic amines) is 1. The van der Waals surface area contributed by atoms with E-state index in [0.29, 0.717) is 32.2 Å². The number of hydrogen-bond acceptors (Lipinski definition) is 8. The molecule has 2 rings (SSSR count). The number of nitroso groups, excluding NO2 is 1. The Morgan fingerprint density at radius 3 is 2.38 bits per heavy atom. The van der Waals surface area contributed by atoms with E-state index in [1.54, 1.807) is 18.7 Å². The van der Waals surface area contributed by atoms with Crippen LogP contribution in [0.15, 0.2) is 35.5 Å². The van der Waals surface area contributed by atoms with Crippen LogP contribution in [0.25, 0.3) is 0 Å². The number of amides is 1. The molecule has 0 spiro atoms. The van der Waals surface area contributed by atoms with Gasteiger partial charge in [0.15, 0.2) is 17.9 Å². The van der Waals surface area contributed by atoms with E-state index in [2.05, 4.69) is 5.18 Å². The molecular formula is C25H37N3O6. The summed E-state index contributed by atoms with van der Waals surface area (Å²) in [6.45, 7) is 6.46. The van der Waals surface area contributed by atoms with Crippen LogP contribution in [-0.2, 0) is 20.8 Å². The molecule has 0 radical (unpaired) electrons. The fourth-order valence-corrected chi connectivity index (χ4v) is 4.54. The van der Waals surface area contributed by atoms with Gasteiger partial charge in [0.05, 0.1) is 18.6 Å². The van der Waals surface area contributed by atoms with Gasteiger partial charge in [-0.3, -0.25) is 19.3 Å². The number of ketones is 2. The van der Waals surface area contributed by atoms with Gasteiger partial charge in [-0.25, -0.2) is 0 Å². The van der Waals surface area contributed by atoms with E-state index in [9.17, 15) is 29.5 Å². The number of aliphatic hydroxyl groups is 2. The van der Waals surface area contributed by atoms with Gasteiger partial charge >= 0.3 is 0 Å². The summed E-state index contributed by atoms with van der Waals surface area (Å²) in [6.07, 6.45) is 0.836. The molecule has 4 unspecified atom stereocenters. The molecule has 1 amide bonds. The Hall–Kier alpha value is -2.49. The van der Waals surface area contributed by atoms with Gasteiger partial charge in [-0.15, -0.1) is 4.91 Å². The van der Waals surface area contributed by atoms with Crippen LogP contribution in [0.1, 0.15) is 58.9 Å². The minimum absolute atomic E-state index is 0.00410. The first-order valence-electron chi connectivity index (χ1n) is 11.9. The summed E-state index contributed by atoms with van der Waals surface area (Å²) in [5.41, 5.74) is -0.894. The summed E-state index contributed by atoms with van der Waals surface area (Å²) < 4.78 is 0. The summed E-state index contributed by atoms with van der Waals surface area (Å²) >= 11 is 0. The molecule has 2 N–H and O–H groups in total. The zero-order valence-corrected chi connectivity index (χ0v) is 20.5. The number of rotatable bonds is 13. The lowest BCUT2D eigenvalue weighted by atomic mass is 9.89. The number of aryl methyl sites for hydroxylation is 1. The molecule has 1 aromatic carbocycles. The SMILES string of the molecule is CCC(=O)C(C)(N=O)C(=O)CN(C(C)CCc1ccccc1)C(C)C(=O)N1CCCC1C(O)O. The van der Waals surface area contributed by atoms with Crippen molar-refractivity contribution in [2.24, 2.45) is 5.18 Å². The van der Waals surface area contributed by atoms with Crippen LogP contribution in [0.5, 0.6) is 0 Å². The van der Waals surface area contributed by atoms with Crippen molar-refractivity contribution in [3.63, 3.8) is 0 Å². The summed E-state index contributed by atoms with van der Waals surface area (Å²) in [6, 6.07) is 8.10. The molecular weight excluding hydrogens is 438 g/mol. The predicted octanol–water partition coefficient (Wildman–Crippen LogP) is 2.07. The molecule has 1 aliphatic heterocycles. The third kappa shape index (κ3) is 6.34. The van der Waals surface area contributed by atoms with E-state index < -0.39 is 35.5 Å². The number of Topliss-reactive ketones (excluding diaryl/α,β-unsaturated/α-hetero) is 2. The first-order chi connectivity index (χ1) is 16.1. The second kappa shape index (κ2) is 12.3. The molecule has 9 heteroatoms. The van der Waals surface area contributed by atoms with Crippen molar-refractivity contribution in [3.8, 4) is 0 Å². The second-order valence-electron chi connectivity index (χ2n) is 9.24. The first-order valence-corrected chi connectivity index (χ1v) is 11.9. The van der Waals surface area contributed by atoms with Gasteiger partial charge in [0.2, 0.25) is 11.4 Å². The molecule has 0 bridgehead atoms. The summed E-state index contributed by atoms with van der Waals surface area (Å²) in [5.74, 6) is -1.54. The molecule has 1 heterocycles. The van der Waals surface area contributed by atoms with Gasteiger partial charge in [-0.05, 0) is 57.2 Å². The van der Waals surface area contributed by atoms with Gasteiger partial charge < -0.3 is 15.1 Å². The number of carbonyl (C=O) groups excluding carboxylic acids is 3. The van der Waals surface area contributed by atoms with Gasteiger partial charge in [0.25, 0.3) is 0 Å². The number of carbonyl (C=O) groups is 3. The number of benzene rings is 1. The average Bonchev–Trinajstić information content (AvgIpc) is 3.34. The molecule has 4 atom stereocenters. The Morgan fingerprint density at radius 1 is 1.18 bits per heavy atom. The third-order valence-electron chi connectivity index (χ3n) is 6.96. The lowest BCUT2D eigenvalue weighted by Crippen LogP contribution is -2.56. The molecule has 1 saturated heterocycles. The lowest BCUT2D eigenvalue weighted by Gasteiger charge is -2.38. The molecule has 1 fully saturated rings. The Bertz CT molecular complexity index is 861. The summed E-state index contributed by atoms with van der Waals surface area (Å²) in [4.78, 5) is 53.5. The fourth-order valence-electron chi connectivity index (χ4n) is 4.54. The van der Waals surface area contributed by atoms with Crippen molar-refractivity contribution in [1.29, 1.82) is 0 Å². The Morgan fingerprint density at radius 2 is 1.82 bits per heavy atom. The lowest BCUT2D eigenvalue weighted by molar-refractivity contribution is -0.149. The normalized spacial score (nSPS) is 19.6. The zero-order chi connectivity index (χ0) is 25.5. The maximum atomic E-state index is 13.4. The van der Waals surface area contributed by atoms with E-state index in [-0.39, 0.29) is 24.9 Å². The van der Waals surface area contributed by atoms with Gasteiger partial charge in [0.1, 0.15) is 0 Å². The van der Waals surface area contributed by atoms with E-state index in [1.165, 1.54) is 11.8 Å². The molecule has 0 aliphatic carbocycles. The van der Waals surface area contributed by atoms with E-state index >= 15 is 0 Å². The average molecular weight is 476 g/mol. The highest BCUT2D eigenvalue weighted by Gasteiger charge is 2.44. The van der Waals surface area contributed by atoms with Crippen LogP contribution in [0.4, 0.5) is 0 Å². The quantitative estimate of drug-likeness (QED) is 0.254. The Balaban J connectivity index is 2.28. The highest BCUT2D eigenvalue weighted by Crippen LogP contribution is 2.24. The molecule has 34 heavy (non-hydrogen) atoms. The molecule has 1 aliphatic rings. The molecule has 1 aromatic rings. The Kier molecular flexibility index (Phi) is 10.0. The predicted molar refractivity (Wildman–Crippen MR) is 128 cm³/mol. The molecule has 9 nitrogen and oxygen atoms in total. The van der Waals surface area contributed by atoms with Crippen molar-refractivity contribution in [3.05, 3.63) is 40.8 Å². The van der Waals surface area contributed by atoms with Crippen LogP contribution in [-0.4, -0.2) is 80.5 Å². The highest BCUT2D eigenvalue weighted by atomic mass is 16.5. The van der Waals surface area contributed by atoms with Gasteiger partial charge in [-0.1, -0.05) is 37.3 Å². The molecule has 188 valence electrons. The maximum Gasteiger partial charge on any atom is 0.240 e. The second-order valence-corrected chi connectivity index (χ2v) is 9.24. The number of nitrogens with zero attached hydrogens (tertiary/aromatic N) is 3. The molecule has 0 aromatic heterocycles. The van der Waals surface area contributed by atoms with Crippen LogP contribution in [0.2, 0.25) is 0 Å². The number of aliphatic hydroxyl groups excluding tert-OH is 1. The summed E-state index contributed by atoms with van der Waals surface area (Å²) in [7, 11) is 0. The first kappa shape index (κ1) is 27.8. The topological polar surface area (TPSA) is 128 Å². The van der Waals surface area contributed by atoms with Crippen molar-refractivity contribution in [2.45, 2.75) is 89.8 Å². The minimum atomic E-state index is -2.01. The number of hydrogen-bond donors (Lipinski definition) is 2. The van der Waals surface area contributed by atoms with Gasteiger partial charge in [0, 0.05) is 19.0 Å². The van der Waals surface area contributed by atoms with Crippen LogP contribution >= 0.6 is 0 Å². The van der Waals surface area contributed by atoms with Crippen molar-refractivity contribution in [2.75, 3.05) is 13.1 Å². The minimum Gasteiger partial charge on any atom is -0.366 e. The van der Waals surface area contributed by atoms with E-state index in [4.69, 9.17) is 0 Å². The molecule has 0 saturated carbocycles.